The fourth-order valence-electron chi connectivity index (χ4n) is 4.89. The summed E-state index contributed by atoms with van der Waals surface area (Å²) in [6.45, 7) is 12.4. The number of carbonyl (C=O) groups is 6. The molecule has 0 saturated heterocycles. The van der Waals surface area contributed by atoms with Crippen molar-refractivity contribution < 1.29 is 56.6 Å². The summed E-state index contributed by atoms with van der Waals surface area (Å²) in [5, 5.41) is 19.8. The van der Waals surface area contributed by atoms with E-state index in [0.29, 0.717) is 64.4 Å². The Bertz CT molecular complexity index is 1730. The Balaban J connectivity index is -0.000000276. The number of ether oxygens (including phenoxy) is 2. The van der Waals surface area contributed by atoms with Crippen molar-refractivity contribution in [3.63, 3.8) is 0 Å². The second kappa shape index (κ2) is 46.3. The van der Waals surface area contributed by atoms with Gasteiger partial charge >= 0.3 is 80.5 Å². The minimum absolute atomic E-state index is 0. The van der Waals surface area contributed by atoms with E-state index in [2.05, 4.69) is 127 Å². The number of nitrogens with one attached hydrogen (secondary N) is 2. The van der Waals surface area contributed by atoms with E-state index >= 15 is 0 Å². The molecule has 0 bridgehead atoms. The summed E-state index contributed by atoms with van der Waals surface area (Å²) in [5.41, 5.74) is 12.3. The predicted molar refractivity (Wildman–Crippen MR) is 324 cm³/mol. The third-order valence-electron chi connectivity index (χ3n) is 8.23. The van der Waals surface area contributed by atoms with E-state index in [4.69, 9.17) is 21.3 Å². The van der Waals surface area contributed by atoms with Crippen LogP contribution in [0.4, 0.5) is 9.59 Å². The van der Waals surface area contributed by atoms with Crippen LogP contribution in [-0.4, -0.2) is 215 Å². The number of rotatable bonds is 20. The van der Waals surface area contributed by atoms with Crippen LogP contribution in [0.1, 0.15) is 67.9 Å². The number of nitrogens with zero attached hydrogens (tertiary/aromatic N) is 8. The maximum absolute atomic E-state index is 12.3. The first-order valence-electron chi connectivity index (χ1n) is 20.9. The summed E-state index contributed by atoms with van der Waals surface area (Å²) >= 11 is 12.7. The number of Topliss-reactive ketones (excluding diaryl/α,β-unsaturated/α-hetero) is 1. The van der Waals surface area contributed by atoms with Gasteiger partial charge in [0.2, 0.25) is 0 Å². The number of amides is 4. The Morgan fingerprint density at radius 1 is 0.643 bits per heavy atom. The van der Waals surface area contributed by atoms with E-state index in [9.17, 15) is 28.8 Å². The molecule has 0 radical (unpaired) electrons. The standard InChI is InChI=1S/C15H26N4O3S.C15H26N4O2S.C6H14N2O2.C5H12N2O2.I3.I2.HI/c1-10(2)13-16-11(9-23-13)7-19(5)15(21)17-12(8-18(3)4)14(20)22-6;1-10(2)14-16-12(9-22-14)7-19(6)15(21)17-13(11(3)20)8-18(4)5;1-8(2)4-5(7)6(9)10-3;1-7(2)3-4(6)5(8)9;1-3-2;1-2;/h9-10,12H,7-8H2,1-6H3,(H,17,21);9-10,13H,7-8H2,1-6H3,(H,17,21);5H,4,7H2,1-3H3;4H,3,6H2,1-2H3,(H,8,9);;;1H/q;;;;-1;;. The maximum atomic E-state index is 12.3. The van der Waals surface area contributed by atoms with Crippen molar-refractivity contribution in [2.45, 2.75) is 83.7 Å². The summed E-state index contributed by atoms with van der Waals surface area (Å²) in [6, 6.07) is -3.08. The molecule has 70 heavy (non-hydrogen) atoms. The monoisotopic (exact) mass is 1710 g/mol. The van der Waals surface area contributed by atoms with Gasteiger partial charge in [-0.15, -0.1) is 46.7 Å². The van der Waals surface area contributed by atoms with E-state index < -0.39 is 36.1 Å². The second-order valence-corrected chi connectivity index (χ2v) is 34.7. The fraction of sp³-hybridized carbons (Fsp3) is 0.707. The quantitative estimate of drug-likeness (QED) is 0.0943. The van der Waals surface area contributed by atoms with Crippen LogP contribution in [0, 0.1) is 0 Å². The molecule has 0 aliphatic rings. The van der Waals surface area contributed by atoms with Gasteiger partial charge in [-0.25, -0.2) is 24.4 Å². The molecule has 4 amide bonds. The molecule has 2 aromatic heterocycles. The minimum atomic E-state index is -0.955. The SMILES string of the molecule is CC(=O)C(CN(C)C)NC(=O)N(C)Cc1csc(C(C)C)n1.CN(C)CC(N)C(=O)O.COC(=O)C(CN(C)C)NC(=O)N(C)Cc1csc(C(C)C)n1.COC(=O)C(N)CN(C)C.I.II.I[I-]I. The first kappa shape index (κ1) is 78.9. The van der Waals surface area contributed by atoms with E-state index in [0.717, 1.165) is 21.4 Å². The molecule has 412 valence electrons. The van der Waals surface area contributed by atoms with Crippen LogP contribution in [0.3, 0.4) is 0 Å². The fourth-order valence-corrected chi connectivity index (χ4v) is 6.54. The van der Waals surface area contributed by atoms with Crippen molar-refractivity contribution >= 4 is 157 Å². The number of methoxy groups -OCH3 is 2. The number of urea groups is 2. The number of hydrogen-bond acceptors (Lipinski definition) is 18. The van der Waals surface area contributed by atoms with Gasteiger partial charge in [0, 0.05) is 100 Å². The van der Waals surface area contributed by atoms with Gasteiger partial charge in [0.25, 0.3) is 0 Å². The molecule has 0 spiro atoms. The van der Waals surface area contributed by atoms with Crippen molar-refractivity contribution in [1.82, 2.24) is 50.0 Å². The first-order chi connectivity index (χ1) is 32.0. The van der Waals surface area contributed by atoms with Crippen LogP contribution >= 0.6 is 121 Å². The molecule has 0 aliphatic heterocycles. The van der Waals surface area contributed by atoms with E-state index in [1.165, 1.54) is 26.0 Å². The molecule has 4 atom stereocenters. The van der Waals surface area contributed by atoms with Crippen LogP contribution in [0.25, 0.3) is 0 Å². The molecule has 21 nitrogen and oxygen atoms in total. The molecule has 4 unspecified atom stereocenters. The van der Waals surface area contributed by atoms with Gasteiger partial charge in [0.15, 0.2) is 5.78 Å². The number of aromatic nitrogens is 2. The number of esters is 2. The van der Waals surface area contributed by atoms with Crippen LogP contribution in [0.2, 0.25) is 0 Å². The van der Waals surface area contributed by atoms with E-state index in [1.807, 2.05) is 67.7 Å². The van der Waals surface area contributed by atoms with Gasteiger partial charge < -0.3 is 66.1 Å². The molecular weight excluding hydrogens is 1630 g/mol. The molecule has 7 N–H and O–H groups in total. The van der Waals surface area contributed by atoms with Gasteiger partial charge in [-0.1, -0.05) is 27.7 Å². The summed E-state index contributed by atoms with van der Waals surface area (Å²) in [5.74, 6) is -1.07. The number of carboxylic acid groups (broad SMARTS) is 1. The van der Waals surface area contributed by atoms with Crippen LogP contribution < -0.4 is 35.4 Å². The summed E-state index contributed by atoms with van der Waals surface area (Å²) in [4.78, 5) is 87.9. The van der Waals surface area contributed by atoms with Gasteiger partial charge in [-0.3, -0.25) is 14.4 Å². The zero-order valence-corrected chi connectivity index (χ0v) is 58.2. The van der Waals surface area contributed by atoms with Gasteiger partial charge in [-0.2, -0.15) is 0 Å². The third kappa shape index (κ3) is 41.3. The number of halogens is 6. The van der Waals surface area contributed by atoms with Crippen molar-refractivity contribution in [3.8, 4) is 0 Å². The van der Waals surface area contributed by atoms with Crippen LogP contribution in [-0.2, 0) is 41.7 Å². The zero-order valence-electron chi connectivity index (χ0n) is 43.4. The van der Waals surface area contributed by atoms with E-state index in [-0.39, 0.29) is 47.8 Å². The Morgan fingerprint density at radius 3 is 1.21 bits per heavy atom. The number of carboxylic acids is 1. The molecule has 0 aromatic carbocycles. The molecule has 2 aromatic rings. The van der Waals surface area contributed by atoms with Crippen LogP contribution in [0.15, 0.2) is 10.8 Å². The van der Waals surface area contributed by atoms with E-state index in [1.54, 1.807) is 60.7 Å². The van der Waals surface area contributed by atoms with Crippen molar-refractivity contribution in [2.24, 2.45) is 11.5 Å². The number of hydrogen-bond donors (Lipinski definition) is 5. The Labute approximate surface area is 495 Å². The number of aliphatic carboxylic acids is 1. The summed E-state index contributed by atoms with van der Waals surface area (Å²) < 4.78 is 9.15. The Kier molecular flexibility index (Phi) is 52.2. The molecular formula is C41H79I6N12O9S2-. The third-order valence-corrected chi connectivity index (χ3v) is 10.6. The summed E-state index contributed by atoms with van der Waals surface area (Å²) in [7, 11) is 20.7. The molecule has 0 fully saturated rings. The zero-order chi connectivity index (χ0) is 54.7. The number of nitrogens with two attached hydrogens (primary N) is 2. The molecule has 2 heterocycles. The Morgan fingerprint density at radius 2 is 0.957 bits per heavy atom. The predicted octanol–water partition coefficient (Wildman–Crippen LogP) is 2.61. The van der Waals surface area contributed by atoms with Gasteiger partial charge in [0.05, 0.1) is 48.7 Å². The topological polar surface area (TPSA) is 262 Å². The number of ketones is 1. The van der Waals surface area contributed by atoms with Gasteiger partial charge in [0.1, 0.15) is 24.2 Å². The average molecular weight is 1710 g/mol. The van der Waals surface area contributed by atoms with Gasteiger partial charge in [-0.05, 0) is 63.3 Å². The number of thiazole rings is 2. The molecule has 0 aliphatic carbocycles. The first-order valence-corrected chi connectivity index (χ1v) is 41.5. The molecule has 0 saturated carbocycles. The van der Waals surface area contributed by atoms with Crippen molar-refractivity contribution in [1.29, 1.82) is 0 Å². The van der Waals surface area contributed by atoms with Crippen molar-refractivity contribution in [2.75, 3.05) is 111 Å². The molecule has 29 heteroatoms. The normalized spacial score (nSPS) is 12.1. The van der Waals surface area contributed by atoms with Crippen LogP contribution in [0.5, 0.6) is 0 Å². The Hall–Kier alpha value is 0.0200. The summed E-state index contributed by atoms with van der Waals surface area (Å²) in [6.07, 6.45) is 0. The molecule has 2 rings (SSSR count). The number of carbonyl (C=O) groups excluding carboxylic acids is 5. The average Bonchev–Trinajstić information content (AvgIpc) is 3.94. The second-order valence-electron chi connectivity index (χ2n) is 16.7. The van der Waals surface area contributed by atoms with Crippen molar-refractivity contribution in [3.05, 3.63) is 32.2 Å². The number of likely N-dealkylation sites (N-methyl/N-ethyl adjacent to an activating group) is 4.